The molecule has 3 rings (SSSR count). The van der Waals surface area contributed by atoms with E-state index < -0.39 is 0 Å². The van der Waals surface area contributed by atoms with Gasteiger partial charge in [-0.1, -0.05) is 19.3 Å². The van der Waals surface area contributed by atoms with Crippen molar-refractivity contribution in [2.24, 2.45) is 17.8 Å². The predicted molar refractivity (Wildman–Crippen MR) is 106 cm³/mol. The van der Waals surface area contributed by atoms with Crippen LogP contribution in [-0.2, 0) is 9.47 Å². The maximum absolute atomic E-state index is 6.03. The van der Waals surface area contributed by atoms with Gasteiger partial charge < -0.3 is 19.3 Å². The number of likely N-dealkylation sites (tertiary alicyclic amines) is 2. The van der Waals surface area contributed by atoms with Crippen molar-refractivity contribution in [2.75, 3.05) is 66.2 Å². The summed E-state index contributed by atoms with van der Waals surface area (Å²) in [7, 11) is 1.82. The Morgan fingerprint density at radius 2 is 1.23 bits per heavy atom. The van der Waals surface area contributed by atoms with E-state index in [0.717, 1.165) is 37.6 Å². The Balaban J connectivity index is 1.23. The van der Waals surface area contributed by atoms with Crippen molar-refractivity contribution in [2.45, 2.75) is 57.8 Å². The van der Waals surface area contributed by atoms with Gasteiger partial charge in [0.15, 0.2) is 0 Å². The van der Waals surface area contributed by atoms with E-state index >= 15 is 0 Å². The zero-order chi connectivity index (χ0) is 18.0. The number of methoxy groups -OCH3 is 1. The number of nitrogens with one attached hydrogen (secondary N) is 2. The number of piperidine rings is 2. The maximum atomic E-state index is 6.03. The summed E-state index contributed by atoms with van der Waals surface area (Å²) in [6.45, 7) is 10.9. The fourth-order valence-corrected chi connectivity index (χ4v) is 5.61. The molecule has 0 bridgehead atoms. The van der Waals surface area contributed by atoms with E-state index in [2.05, 4.69) is 0 Å². The SMILES string of the molecule is COCC[NH+]1CCC(C2CC[NH+](CCOCC3CCCCC3)CC2)CC1. The van der Waals surface area contributed by atoms with Crippen molar-refractivity contribution >= 4 is 0 Å². The van der Waals surface area contributed by atoms with E-state index in [-0.39, 0.29) is 0 Å². The van der Waals surface area contributed by atoms with Crippen LogP contribution in [0.15, 0.2) is 0 Å². The molecular weight excluding hydrogens is 324 g/mol. The lowest BCUT2D eigenvalue weighted by molar-refractivity contribution is -0.910. The molecule has 3 fully saturated rings. The molecule has 3 aliphatic rings. The third-order valence-corrected chi connectivity index (χ3v) is 7.48. The summed E-state index contributed by atoms with van der Waals surface area (Å²) < 4.78 is 11.3. The van der Waals surface area contributed by atoms with Crippen molar-refractivity contribution < 1.29 is 19.3 Å². The van der Waals surface area contributed by atoms with Gasteiger partial charge in [0.1, 0.15) is 13.1 Å². The molecule has 0 unspecified atom stereocenters. The van der Waals surface area contributed by atoms with E-state index in [1.165, 1.54) is 97.1 Å². The fraction of sp³-hybridized carbons (Fsp3) is 1.00. The lowest BCUT2D eigenvalue weighted by Crippen LogP contribution is -3.14. The molecular formula is C22H44N2O2+2. The van der Waals surface area contributed by atoms with Crippen molar-refractivity contribution in [3.63, 3.8) is 0 Å². The van der Waals surface area contributed by atoms with Crippen LogP contribution in [0, 0.1) is 17.8 Å². The Labute approximate surface area is 161 Å². The number of ether oxygens (including phenoxy) is 2. The summed E-state index contributed by atoms with van der Waals surface area (Å²) in [5.74, 6) is 2.87. The second-order valence-electron chi connectivity index (χ2n) is 9.25. The van der Waals surface area contributed by atoms with Crippen LogP contribution in [0.25, 0.3) is 0 Å². The zero-order valence-electron chi connectivity index (χ0n) is 17.3. The molecule has 0 aromatic heterocycles. The molecule has 0 atom stereocenters. The molecule has 0 spiro atoms. The highest BCUT2D eigenvalue weighted by atomic mass is 16.5. The highest BCUT2D eigenvalue weighted by Crippen LogP contribution is 2.27. The Bertz CT molecular complexity index is 357. The van der Waals surface area contributed by atoms with Crippen molar-refractivity contribution in [1.82, 2.24) is 0 Å². The second-order valence-corrected chi connectivity index (χ2v) is 9.25. The first-order valence-electron chi connectivity index (χ1n) is 11.6. The van der Waals surface area contributed by atoms with E-state index in [1.54, 1.807) is 9.80 Å². The first kappa shape index (κ1) is 20.6. The lowest BCUT2D eigenvalue weighted by Gasteiger charge is -2.37. The topological polar surface area (TPSA) is 27.3 Å². The first-order chi connectivity index (χ1) is 12.8. The number of quaternary nitrogens is 2. The van der Waals surface area contributed by atoms with Gasteiger partial charge in [-0.2, -0.15) is 0 Å². The first-order valence-corrected chi connectivity index (χ1v) is 11.6. The third kappa shape index (κ3) is 6.78. The van der Waals surface area contributed by atoms with Crippen molar-refractivity contribution in [1.29, 1.82) is 0 Å². The molecule has 4 nitrogen and oxygen atoms in total. The smallest absolute Gasteiger partial charge is 0.101 e. The van der Waals surface area contributed by atoms with E-state index in [9.17, 15) is 0 Å². The van der Waals surface area contributed by atoms with Crippen molar-refractivity contribution in [3.8, 4) is 0 Å². The van der Waals surface area contributed by atoms with Gasteiger partial charge in [-0.15, -0.1) is 0 Å². The summed E-state index contributed by atoms with van der Waals surface area (Å²) in [4.78, 5) is 3.56. The fourth-order valence-electron chi connectivity index (χ4n) is 5.61. The summed E-state index contributed by atoms with van der Waals surface area (Å²) in [6.07, 6.45) is 12.9. The largest absolute Gasteiger partial charge is 0.379 e. The average molecular weight is 369 g/mol. The summed E-state index contributed by atoms with van der Waals surface area (Å²) in [5.41, 5.74) is 0. The quantitative estimate of drug-likeness (QED) is 0.590. The number of hydrogen-bond acceptors (Lipinski definition) is 2. The highest BCUT2D eigenvalue weighted by molar-refractivity contribution is 4.74. The highest BCUT2D eigenvalue weighted by Gasteiger charge is 2.32. The minimum atomic E-state index is 0.862. The van der Waals surface area contributed by atoms with Crippen LogP contribution >= 0.6 is 0 Å². The molecule has 0 amide bonds. The molecule has 26 heavy (non-hydrogen) atoms. The summed E-state index contributed by atoms with van der Waals surface area (Å²) in [5, 5.41) is 0. The maximum Gasteiger partial charge on any atom is 0.101 e. The van der Waals surface area contributed by atoms with Gasteiger partial charge in [-0.3, -0.25) is 0 Å². The van der Waals surface area contributed by atoms with Crippen LogP contribution in [0.5, 0.6) is 0 Å². The number of rotatable bonds is 9. The number of hydrogen-bond donors (Lipinski definition) is 2. The van der Waals surface area contributed by atoms with E-state index in [4.69, 9.17) is 9.47 Å². The Hall–Kier alpha value is -0.160. The molecule has 0 radical (unpaired) electrons. The molecule has 2 saturated heterocycles. The third-order valence-electron chi connectivity index (χ3n) is 7.48. The van der Waals surface area contributed by atoms with Crippen LogP contribution in [0.2, 0.25) is 0 Å². The van der Waals surface area contributed by atoms with Gasteiger partial charge in [0.2, 0.25) is 0 Å². The average Bonchev–Trinajstić information content (AvgIpc) is 2.71. The molecule has 1 saturated carbocycles. The van der Waals surface area contributed by atoms with Crippen molar-refractivity contribution in [3.05, 3.63) is 0 Å². The minimum absolute atomic E-state index is 0.862. The Morgan fingerprint density at radius 3 is 1.77 bits per heavy atom. The lowest BCUT2D eigenvalue weighted by atomic mass is 9.79. The predicted octanol–water partition coefficient (Wildman–Crippen LogP) is 0.820. The molecule has 0 aromatic carbocycles. The van der Waals surface area contributed by atoms with Gasteiger partial charge in [0.05, 0.1) is 39.4 Å². The Morgan fingerprint density at radius 1 is 0.692 bits per heavy atom. The van der Waals surface area contributed by atoms with Crippen LogP contribution in [0.1, 0.15) is 57.8 Å². The van der Waals surface area contributed by atoms with E-state index in [0.29, 0.717) is 0 Å². The van der Waals surface area contributed by atoms with Gasteiger partial charge in [-0.25, -0.2) is 0 Å². The monoisotopic (exact) mass is 368 g/mol. The van der Waals surface area contributed by atoms with Crippen LogP contribution < -0.4 is 9.80 Å². The summed E-state index contributed by atoms with van der Waals surface area (Å²) in [6, 6.07) is 0. The standard InChI is InChI=1S/C22H42N2O2/c1-25-17-15-23-11-7-21(8-12-23)22-9-13-24(14-10-22)16-18-26-19-20-5-3-2-4-6-20/h20-22H,2-19H2,1H3/p+2. The molecule has 2 N–H and O–H groups in total. The molecule has 2 aliphatic heterocycles. The molecule has 1 aliphatic carbocycles. The zero-order valence-corrected chi connectivity index (χ0v) is 17.3. The Kier molecular flexibility index (Phi) is 9.20. The van der Waals surface area contributed by atoms with Gasteiger partial charge >= 0.3 is 0 Å². The minimum Gasteiger partial charge on any atom is -0.379 e. The van der Waals surface area contributed by atoms with Crippen LogP contribution in [0.4, 0.5) is 0 Å². The normalized spacial score (nSPS) is 34.0. The van der Waals surface area contributed by atoms with Crippen LogP contribution in [-0.4, -0.2) is 66.2 Å². The molecule has 2 heterocycles. The molecule has 4 heteroatoms. The molecule has 152 valence electrons. The summed E-state index contributed by atoms with van der Waals surface area (Å²) >= 11 is 0. The van der Waals surface area contributed by atoms with Gasteiger partial charge in [0.25, 0.3) is 0 Å². The van der Waals surface area contributed by atoms with E-state index in [1.807, 2.05) is 7.11 Å². The van der Waals surface area contributed by atoms with Gasteiger partial charge in [0, 0.05) is 13.7 Å². The van der Waals surface area contributed by atoms with Gasteiger partial charge in [-0.05, 0) is 56.3 Å². The second kappa shape index (κ2) is 11.6. The molecule has 0 aromatic rings. The van der Waals surface area contributed by atoms with Crippen LogP contribution in [0.3, 0.4) is 0 Å².